The molecule has 0 bridgehead atoms. The fourth-order valence-corrected chi connectivity index (χ4v) is 4.71. The van der Waals surface area contributed by atoms with Gasteiger partial charge in [0.15, 0.2) is 0 Å². The number of nitrogens with zero attached hydrogens (tertiary/aromatic N) is 2. The lowest BCUT2D eigenvalue weighted by Gasteiger charge is -2.38. The van der Waals surface area contributed by atoms with Gasteiger partial charge in [0.05, 0.1) is 13.2 Å². The van der Waals surface area contributed by atoms with Crippen LogP contribution in [-0.2, 0) is 19.7 Å². The molecular weight excluding hydrogens is 296 g/mol. The number of carboxylic acids is 1. The van der Waals surface area contributed by atoms with Gasteiger partial charge >= 0.3 is 5.97 Å². The number of ether oxygens (including phenoxy) is 1. The highest BCUT2D eigenvalue weighted by atomic mass is 32.2. The van der Waals surface area contributed by atoms with Gasteiger partial charge in [0, 0.05) is 32.6 Å². The average Bonchev–Trinajstić information content (AvgIpc) is 2.47. The van der Waals surface area contributed by atoms with Crippen LogP contribution in [0.4, 0.5) is 0 Å². The number of piperidine rings is 1. The zero-order valence-corrected chi connectivity index (χ0v) is 13.2. The topological polar surface area (TPSA) is 87.2 Å². The molecule has 2 unspecified atom stereocenters. The predicted molar refractivity (Wildman–Crippen MR) is 77.0 cm³/mol. The summed E-state index contributed by atoms with van der Waals surface area (Å²) >= 11 is 0. The lowest BCUT2D eigenvalue weighted by molar-refractivity contribution is -0.138. The Morgan fingerprint density at radius 1 is 1.29 bits per heavy atom. The van der Waals surface area contributed by atoms with E-state index in [-0.39, 0.29) is 18.3 Å². The van der Waals surface area contributed by atoms with Gasteiger partial charge in [0.25, 0.3) is 10.2 Å². The van der Waals surface area contributed by atoms with Gasteiger partial charge in [-0.1, -0.05) is 6.92 Å². The van der Waals surface area contributed by atoms with Crippen LogP contribution in [0.15, 0.2) is 0 Å². The van der Waals surface area contributed by atoms with Crippen LogP contribution in [0.1, 0.15) is 26.2 Å². The lowest BCUT2D eigenvalue weighted by atomic mass is 9.85. The summed E-state index contributed by atoms with van der Waals surface area (Å²) in [7, 11) is -3.44. The van der Waals surface area contributed by atoms with Gasteiger partial charge in [-0.15, -0.1) is 0 Å². The summed E-state index contributed by atoms with van der Waals surface area (Å²) in [5.41, 5.74) is 0. The fraction of sp³-hybridized carbons (Fsp3) is 0.923. The van der Waals surface area contributed by atoms with Gasteiger partial charge in [0.1, 0.15) is 0 Å². The van der Waals surface area contributed by atoms with Crippen LogP contribution >= 0.6 is 0 Å². The third-order valence-electron chi connectivity index (χ3n) is 4.34. The minimum absolute atomic E-state index is 0.00908. The third-order valence-corrected chi connectivity index (χ3v) is 6.35. The Morgan fingerprint density at radius 3 is 2.57 bits per heavy atom. The number of morpholine rings is 1. The van der Waals surface area contributed by atoms with E-state index >= 15 is 0 Å². The molecule has 2 fully saturated rings. The molecule has 0 aliphatic carbocycles. The van der Waals surface area contributed by atoms with E-state index in [0.717, 1.165) is 12.8 Å². The number of aliphatic carboxylic acids is 1. The van der Waals surface area contributed by atoms with E-state index in [2.05, 4.69) is 0 Å². The second kappa shape index (κ2) is 7.04. The Bertz CT molecular complexity index is 461. The molecule has 2 rings (SSSR count). The van der Waals surface area contributed by atoms with Gasteiger partial charge in [-0.25, -0.2) is 0 Å². The summed E-state index contributed by atoms with van der Waals surface area (Å²) in [4.78, 5) is 10.8. The molecule has 1 N–H and O–H groups in total. The quantitative estimate of drug-likeness (QED) is 0.791. The first-order chi connectivity index (χ1) is 9.91. The van der Waals surface area contributed by atoms with E-state index in [1.165, 1.54) is 8.61 Å². The number of carboxylic acid groups (broad SMARTS) is 1. The molecule has 122 valence electrons. The van der Waals surface area contributed by atoms with Crippen LogP contribution in [0.2, 0.25) is 0 Å². The standard InChI is InChI=1S/C13H24N2O5S/c1-11(9-13(16)17)12-3-2-4-15(10-12)21(18,19)14-5-7-20-8-6-14/h11-12H,2-10H2,1H3,(H,16,17). The van der Waals surface area contributed by atoms with Crippen molar-refractivity contribution in [3.05, 3.63) is 0 Å². The SMILES string of the molecule is CC(CC(=O)O)C1CCCN(S(=O)(=O)N2CCOCC2)C1. The van der Waals surface area contributed by atoms with Crippen LogP contribution in [0, 0.1) is 11.8 Å². The van der Waals surface area contributed by atoms with E-state index in [0.29, 0.717) is 39.4 Å². The van der Waals surface area contributed by atoms with Crippen LogP contribution in [0.3, 0.4) is 0 Å². The zero-order chi connectivity index (χ0) is 15.5. The molecule has 0 aromatic carbocycles. The molecule has 21 heavy (non-hydrogen) atoms. The second-order valence-electron chi connectivity index (χ2n) is 5.85. The molecule has 0 radical (unpaired) electrons. The molecule has 2 saturated heterocycles. The Hall–Kier alpha value is -0.700. The van der Waals surface area contributed by atoms with Gasteiger partial charge in [0.2, 0.25) is 0 Å². The summed E-state index contributed by atoms with van der Waals surface area (Å²) in [6.45, 7) is 4.51. The summed E-state index contributed by atoms with van der Waals surface area (Å²) in [6.07, 6.45) is 1.78. The molecule has 2 heterocycles. The molecule has 2 atom stereocenters. The predicted octanol–water partition coefficient (Wildman–Crippen LogP) is 0.386. The van der Waals surface area contributed by atoms with Crippen LogP contribution in [0.5, 0.6) is 0 Å². The van der Waals surface area contributed by atoms with Crippen molar-refractivity contribution in [1.82, 2.24) is 8.61 Å². The van der Waals surface area contributed by atoms with E-state index in [9.17, 15) is 13.2 Å². The van der Waals surface area contributed by atoms with E-state index in [1.54, 1.807) is 0 Å². The number of carbonyl (C=O) groups is 1. The molecule has 2 aliphatic rings. The highest BCUT2D eigenvalue weighted by Crippen LogP contribution is 2.28. The van der Waals surface area contributed by atoms with Crippen molar-refractivity contribution in [3.8, 4) is 0 Å². The zero-order valence-electron chi connectivity index (χ0n) is 12.4. The van der Waals surface area contributed by atoms with Crippen molar-refractivity contribution in [2.75, 3.05) is 39.4 Å². The van der Waals surface area contributed by atoms with Crippen LogP contribution < -0.4 is 0 Å². The van der Waals surface area contributed by atoms with E-state index < -0.39 is 16.2 Å². The van der Waals surface area contributed by atoms with E-state index in [1.807, 2.05) is 6.92 Å². The largest absolute Gasteiger partial charge is 0.481 e. The Morgan fingerprint density at radius 2 is 1.95 bits per heavy atom. The molecule has 7 nitrogen and oxygen atoms in total. The minimum atomic E-state index is -3.44. The van der Waals surface area contributed by atoms with Crippen molar-refractivity contribution in [1.29, 1.82) is 0 Å². The van der Waals surface area contributed by atoms with E-state index in [4.69, 9.17) is 9.84 Å². The third kappa shape index (κ3) is 4.15. The number of hydrogen-bond acceptors (Lipinski definition) is 4. The molecular formula is C13H24N2O5S. The highest BCUT2D eigenvalue weighted by molar-refractivity contribution is 7.86. The highest BCUT2D eigenvalue weighted by Gasteiger charge is 2.36. The second-order valence-corrected chi connectivity index (χ2v) is 7.78. The fourth-order valence-electron chi connectivity index (χ4n) is 3.03. The molecule has 8 heteroatoms. The smallest absolute Gasteiger partial charge is 0.303 e. The number of hydrogen-bond donors (Lipinski definition) is 1. The first-order valence-corrected chi connectivity index (χ1v) is 8.85. The molecule has 0 amide bonds. The molecule has 0 saturated carbocycles. The van der Waals surface area contributed by atoms with Crippen molar-refractivity contribution in [3.63, 3.8) is 0 Å². The molecule has 0 aromatic heterocycles. The van der Waals surface area contributed by atoms with Gasteiger partial charge < -0.3 is 9.84 Å². The maximum atomic E-state index is 12.6. The van der Waals surface area contributed by atoms with Gasteiger partial charge in [-0.2, -0.15) is 17.0 Å². The van der Waals surface area contributed by atoms with Gasteiger partial charge in [-0.05, 0) is 24.7 Å². The minimum Gasteiger partial charge on any atom is -0.481 e. The Kier molecular flexibility index (Phi) is 5.59. The summed E-state index contributed by atoms with van der Waals surface area (Å²) in [5.74, 6) is -0.716. The summed E-state index contributed by atoms with van der Waals surface area (Å²) in [5, 5.41) is 8.89. The Balaban J connectivity index is 2.00. The molecule has 0 aromatic rings. The molecule has 2 aliphatic heterocycles. The first kappa shape index (κ1) is 16.7. The van der Waals surface area contributed by atoms with Crippen LogP contribution in [0.25, 0.3) is 0 Å². The summed E-state index contributed by atoms with van der Waals surface area (Å²) < 4.78 is 33.4. The molecule has 0 spiro atoms. The number of rotatable bonds is 5. The van der Waals surface area contributed by atoms with Crippen molar-refractivity contribution >= 4 is 16.2 Å². The maximum absolute atomic E-state index is 12.6. The monoisotopic (exact) mass is 320 g/mol. The van der Waals surface area contributed by atoms with Crippen molar-refractivity contribution in [2.24, 2.45) is 11.8 Å². The first-order valence-electron chi connectivity index (χ1n) is 7.46. The maximum Gasteiger partial charge on any atom is 0.303 e. The van der Waals surface area contributed by atoms with Crippen LogP contribution in [-0.4, -0.2) is 67.5 Å². The lowest BCUT2D eigenvalue weighted by Crippen LogP contribution is -2.51. The van der Waals surface area contributed by atoms with Crippen molar-refractivity contribution < 1.29 is 23.1 Å². The summed E-state index contributed by atoms with van der Waals surface area (Å²) in [6, 6.07) is 0. The average molecular weight is 320 g/mol. The van der Waals surface area contributed by atoms with Crippen molar-refractivity contribution in [2.45, 2.75) is 26.2 Å². The Labute approximate surface area is 126 Å². The van der Waals surface area contributed by atoms with Gasteiger partial charge in [-0.3, -0.25) is 4.79 Å². The normalized spacial score (nSPS) is 27.4.